The number of ether oxygens (including phenoxy) is 1. The molecule has 0 saturated carbocycles. The molecule has 0 aliphatic carbocycles. The monoisotopic (exact) mass is 473 g/mol. The topological polar surface area (TPSA) is 60.0 Å². The largest absolute Gasteiger partial charge is 0.467 e. The van der Waals surface area contributed by atoms with E-state index in [0.29, 0.717) is 11.4 Å². The number of nitrogens with zero attached hydrogens (tertiary/aromatic N) is 3. The van der Waals surface area contributed by atoms with Crippen molar-refractivity contribution in [3.05, 3.63) is 51.2 Å². The van der Waals surface area contributed by atoms with Gasteiger partial charge in [0.05, 0.1) is 24.0 Å². The quantitative estimate of drug-likeness (QED) is 0.495. The molecule has 0 spiro atoms. The van der Waals surface area contributed by atoms with Crippen LogP contribution in [-0.4, -0.2) is 21.3 Å². The molecule has 1 amide bonds. The normalized spacial score (nSPS) is 11.7. The molecule has 0 aromatic carbocycles. The fourth-order valence-corrected chi connectivity index (χ4v) is 3.10. The fourth-order valence-electron chi connectivity index (χ4n) is 2.35. The molecule has 0 saturated heterocycles. The van der Waals surface area contributed by atoms with Gasteiger partial charge in [0, 0.05) is 15.8 Å². The molecular weight excluding hydrogens is 457 g/mol. The summed E-state index contributed by atoms with van der Waals surface area (Å²) >= 11 is 8.35. The maximum Gasteiger partial charge on any atom is 0.415 e. The second-order valence-corrected chi connectivity index (χ2v) is 8.12. The number of rotatable bonds is 3. The number of amides is 1. The van der Waals surface area contributed by atoms with Crippen LogP contribution in [0.4, 0.5) is 10.5 Å². The van der Waals surface area contributed by atoms with Gasteiger partial charge in [-0.05, 0) is 61.6 Å². The number of anilines is 1. The number of fused-ring (bicyclic) bond motifs is 1. The van der Waals surface area contributed by atoms with E-state index in [-0.39, 0.29) is 11.7 Å². The van der Waals surface area contributed by atoms with E-state index < -0.39 is 11.7 Å². The average molecular weight is 474 g/mol. The lowest BCUT2D eigenvalue weighted by atomic mass is 10.2. The Bertz CT molecular complexity index is 900. The Balaban J connectivity index is 2.09. The smallest absolute Gasteiger partial charge is 0.415 e. The standard InChI is InChI=1S/C17H17ClIN3O3/c1-17(2,3)25-16(23)21(10-12-5-4-6-24-12)13-8-15(18)20-22-9-11(19)7-14(13)22/h4-9H,10H2,1-3H3. The van der Waals surface area contributed by atoms with Gasteiger partial charge in [0.25, 0.3) is 0 Å². The van der Waals surface area contributed by atoms with Gasteiger partial charge in [0.1, 0.15) is 11.4 Å². The summed E-state index contributed by atoms with van der Waals surface area (Å²) < 4.78 is 13.6. The summed E-state index contributed by atoms with van der Waals surface area (Å²) in [6.07, 6.45) is 2.92. The molecule has 25 heavy (non-hydrogen) atoms. The van der Waals surface area contributed by atoms with Gasteiger partial charge in [-0.25, -0.2) is 9.31 Å². The predicted octanol–water partition coefficient (Wildman–Crippen LogP) is 5.13. The van der Waals surface area contributed by atoms with Gasteiger partial charge in [-0.3, -0.25) is 4.90 Å². The second-order valence-electron chi connectivity index (χ2n) is 6.49. The van der Waals surface area contributed by atoms with E-state index in [1.54, 1.807) is 29.0 Å². The number of halogens is 2. The van der Waals surface area contributed by atoms with Crippen LogP contribution < -0.4 is 4.90 Å². The number of aromatic nitrogens is 2. The minimum atomic E-state index is -0.623. The van der Waals surface area contributed by atoms with Gasteiger partial charge in [-0.2, -0.15) is 5.10 Å². The maximum atomic E-state index is 12.8. The molecule has 0 aliphatic rings. The molecule has 3 heterocycles. The van der Waals surface area contributed by atoms with Crippen LogP contribution >= 0.6 is 34.2 Å². The SMILES string of the molecule is CC(C)(C)OC(=O)N(Cc1ccco1)c1cc(Cl)nn2cc(I)cc12. The zero-order valence-corrected chi connectivity index (χ0v) is 16.9. The average Bonchev–Trinajstić information content (AvgIpc) is 3.10. The molecule has 6 nitrogen and oxygen atoms in total. The third kappa shape index (κ3) is 4.27. The van der Waals surface area contributed by atoms with Crippen molar-refractivity contribution in [3.63, 3.8) is 0 Å². The van der Waals surface area contributed by atoms with Crippen LogP contribution in [0.5, 0.6) is 0 Å². The van der Waals surface area contributed by atoms with Crippen molar-refractivity contribution < 1.29 is 13.9 Å². The molecule has 0 atom stereocenters. The van der Waals surface area contributed by atoms with Crippen LogP contribution in [0, 0.1) is 3.57 Å². The summed E-state index contributed by atoms with van der Waals surface area (Å²) in [5, 5.41) is 4.53. The van der Waals surface area contributed by atoms with Crippen LogP contribution in [0.1, 0.15) is 26.5 Å². The number of carbonyl (C=O) groups excluding carboxylic acids is 1. The number of furan rings is 1. The predicted molar refractivity (Wildman–Crippen MR) is 104 cm³/mol. The molecule has 3 rings (SSSR count). The Kier molecular flexibility index (Phi) is 4.97. The lowest BCUT2D eigenvalue weighted by Gasteiger charge is -2.27. The van der Waals surface area contributed by atoms with Crippen molar-refractivity contribution in [2.75, 3.05) is 4.90 Å². The first kappa shape index (κ1) is 18.1. The van der Waals surface area contributed by atoms with Gasteiger partial charge < -0.3 is 9.15 Å². The lowest BCUT2D eigenvalue weighted by molar-refractivity contribution is 0.0575. The molecule has 8 heteroatoms. The first-order chi connectivity index (χ1) is 11.7. The highest BCUT2D eigenvalue weighted by atomic mass is 127. The third-order valence-corrected chi connectivity index (χ3v) is 4.06. The third-order valence-electron chi connectivity index (χ3n) is 3.29. The van der Waals surface area contributed by atoms with Gasteiger partial charge in [0.2, 0.25) is 0 Å². The Hall–Kier alpha value is -1.74. The van der Waals surface area contributed by atoms with Crippen LogP contribution in [0.25, 0.3) is 5.52 Å². The van der Waals surface area contributed by atoms with Gasteiger partial charge in [-0.1, -0.05) is 11.6 Å². The van der Waals surface area contributed by atoms with Crippen molar-refractivity contribution in [3.8, 4) is 0 Å². The van der Waals surface area contributed by atoms with E-state index >= 15 is 0 Å². The highest BCUT2D eigenvalue weighted by Gasteiger charge is 2.26. The van der Waals surface area contributed by atoms with E-state index in [1.165, 1.54) is 4.90 Å². The molecule has 3 aromatic rings. The molecule has 0 unspecified atom stereocenters. The van der Waals surface area contributed by atoms with Crippen molar-refractivity contribution >= 4 is 51.5 Å². The highest BCUT2D eigenvalue weighted by Crippen LogP contribution is 2.29. The van der Waals surface area contributed by atoms with Gasteiger partial charge in [-0.15, -0.1) is 0 Å². The van der Waals surface area contributed by atoms with E-state index in [0.717, 1.165) is 9.09 Å². The summed E-state index contributed by atoms with van der Waals surface area (Å²) in [5.41, 5.74) is 0.738. The molecule has 0 radical (unpaired) electrons. The first-order valence-electron chi connectivity index (χ1n) is 7.60. The number of hydrogen-bond donors (Lipinski definition) is 0. The first-order valence-corrected chi connectivity index (χ1v) is 9.06. The van der Waals surface area contributed by atoms with E-state index in [4.69, 9.17) is 20.8 Å². The molecule has 132 valence electrons. The van der Waals surface area contributed by atoms with Crippen LogP contribution in [-0.2, 0) is 11.3 Å². The molecule has 3 aromatic heterocycles. The zero-order chi connectivity index (χ0) is 18.2. The molecule has 0 fully saturated rings. The highest BCUT2D eigenvalue weighted by molar-refractivity contribution is 14.1. The Morgan fingerprint density at radius 3 is 2.84 bits per heavy atom. The van der Waals surface area contributed by atoms with E-state index in [9.17, 15) is 4.79 Å². The fraction of sp³-hybridized carbons (Fsp3) is 0.294. The van der Waals surface area contributed by atoms with Crippen molar-refractivity contribution in [1.82, 2.24) is 9.61 Å². The Labute approximate surface area is 163 Å². The second kappa shape index (κ2) is 6.87. The molecule has 0 bridgehead atoms. The summed E-state index contributed by atoms with van der Waals surface area (Å²) in [6.45, 7) is 5.70. The molecule has 0 aliphatic heterocycles. The lowest BCUT2D eigenvalue weighted by Crippen LogP contribution is -2.36. The minimum absolute atomic E-state index is 0.222. The Morgan fingerprint density at radius 2 is 2.20 bits per heavy atom. The summed E-state index contributed by atoms with van der Waals surface area (Å²) in [4.78, 5) is 14.3. The minimum Gasteiger partial charge on any atom is -0.467 e. The van der Waals surface area contributed by atoms with E-state index in [2.05, 4.69) is 27.7 Å². The van der Waals surface area contributed by atoms with Crippen LogP contribution in [0.3, 0.4) is 0 Å². The summed E-state index contributed by atoms with van der Waals surface area (Å²) in [6, 6.07) is 7.16. The van der Waals surface area contributed by atoms with Gasteiger partial charge >= 0.3 is 6.09 Å². The molecular formula is C17H17ClIN3O3. The van der Waals surface area contributed by atoms with Crippen molar-refractivity contribution in [2.45, 2.75) is 32.9 Å². The Morgan fingerprint density at radius 1 is 1.44 bits per heavy atom. The van der Waals surface area contributed by atoms with E-state index in [1.807, 2.05) is 33.0 Å². The summed E-state index contributed by atoms with van der Waals surface area (Å²) in [7, 11) is 0. The maximum absolute atomic E-state index is 12.8. The van der Waals surface area contributed by atoms with Crippen molar-refractivity contribution in [1.29, 1.82) is 0 Å². The van der Waals surface area contributed by atoms with Crippen molar-refractivity contribution in [2.24, 2.45) is 0 Å². The van der Waals surface area contributed by atoms with Crippen LogP contribution in [0.15, 0.2) is 41.1 Å². The summed E-state index contributed by atoms with van der Waals surface area (Å²) in [5.74, 6) is 0.637. The van der Waals surface area contributed by atoms with Crippen LogP contribution in [0.2, 0.25) is 5.15 Å². The van der Waals surface area contributed by atoms with Gasteiger partial charge in [0.15, 0.2) is 5.15 Å². The zero-order valence-electron chi connectivity index (χ0n) is 14.0. The molecule has 0 N–H and O–H groups in total. The number of hydrogen-bond acceptors (Lipinski definition) is 4. The number of carbonyl (C=O) groups is 1.